The fourth-order valence-corrected chi connectivity index (χ4v) is 2.04. The standard InChI is InChI=1S/C10H13NO3S/c1-14-10(12)9-5-3-4-8(6-9)7-15(2,11)13/h3-6,11H,7H2,1-2H3. The third kappa shape index (κ3) is 3.71. The van der Waals surface area contributed by atoms with Crippen molar-refractivity contribution in [2.24, 2.45) is 0 Å². The van der Waals surface area contributed by atoms with Crippen LogP contribution in [-0.4, -0.2) is 23.5 Å². The number of nitrogens with one attached hydrogen (secondary N) is 1. The Labute approximate surface area is 89.2 Å². The van der Waals surface area contributed by atoms with E-state index < -0.39 is 15.7 Å². The minimum Gasteiger partial charge on any atom is -0.465 e. The molecule has 0 aliphatic carbocycles. The number of carbonyl (C=O) groups excluding carboxylic acids is 1. The van der Waals surface area contributed by atoms with Crippen LogP contribution >= 0.6 is 0 Å². The van der Waals surface area contributed by atoms with Crippen LogP contribution in [0.3, 0.4) is 0 Å². The molecule has 0 heterocycles. The number of hydrogen-bond acceptors (Lipinski definition) is 4. The van der Waals surface area contributed by atoms with Gasteiger partial charge in [0.2, 0.25) is 0 Å². The van der Waals surface area contributed by atoms with Crippen LogP contribution in [0.15, 0.2) is 24.3 Å². The molecule has 1 unspecified atom stereocenters. The van der Waals surface area contributed by atoms with Crippen LogP contribution in [0.2, 0.25) is 0 Å². The van der Waals surface area contributed by atoms with Crippen molar-refractivity contribution in [3.05, 3.63) is 35.4 Å². The number of methoxy groups -OCH3 is 1. The molecule has 4 nitrogen and oxygen atoms in total. The molecule has 0 saturated carbocycles. The van der Waals surface area contributed by atoms with E-state index in [0.717, 1.165) is 0 Å². The molecular weight excluding hydrogens is 214 g/mol. The molecule has 0 aliphatic heterocycles. The molecule has 0 aromatic heterocycles. The summed E-state index contributed by atoms with van der Waals surface area (Å²) in [5.41, 5.74) is 1.12. The van der Waals surface area contributed by atoms with Gasteiger partial charge in [0.05, 0.1) is 18.4 Å². The second-order valence-corrected chi connectivity index (χ2v) is 5.64. The smallest absolute Gasteiger partial charge is 0.337 e. The minimum absolute atomic E-state index is 0.151. The number of benzene rings is 1. The normalized spacial score (nSPS) is 14.3. The molecule has 0 spiro atoms. The molecule has 0 aliphatic rings. The molecule has 0 saturated heterocycles. The van der Waals surface area contributed by atoms with Crippen LogP contribution in [0.5, 0.6) is 0 Å². The SMILES string of the molecule is COC(=O)c1cccc(CS(C)(=N)=O)c1. The lowest BCUT2D eigenvalue weighted by Gasteiger charge is -2.04. The van der Waals surface area contributed by atoms with E-state index in [9.17, 15) is 9.00 Å². The Hall–Kier alpha value is -1.36. The van der Waals surface area contributed by atoms with Gasteiger partial charge in [-0.2, -0.15) is 0 Å². The summed E-state index contributed by atoms with van der Waals surface area (Å²) in [6, 6.07) is 6.65. The molecule has 5 heteroatoms. The molecule has 1 aromatic carbocycles. The van der Waals surface area contributed by atoms with Gasteiger partial charge in [-0.05, 0) is 17.7 Å². The van der Waals surface area contributed by atoms with Crippen molar-refractivity contribution in [1.82, 2.24) is 0 Å². The monoisotopic (exact) mass is 227 g/mol. The van der Waals surface area contributed by atoms with E-state index in [4.69, 9.17) is 4.78 Å². The molecule has 0 fully saturated rings. The van der Waals surface area contributed by atoms with Crippen LogP contribution in [0.25, 0.3) is 0 Å². The minimum atomic E-state index is -2.58. The molecule has 1 atom stereocenters. The largest absolute Gasteiger partial charge is 0.465 e. The highest BCUT2D eigenvalue weighted by atomic mass is 32.2. The van der Waals surface area contributed by atoms with Gasteiger partial charge in [-0.1, -0.05) is 12.1 Å². The quantitative estimate of drug-likeness (QED) is 0.798. The molecular formula is C10H13NO3S. The highest BCUT2D eigenvalue weighted by Gasteiger charge is 2.07. The Balaban J connectivity index is 2.98. The summed E-state index contributed by atoms with van der Waals surface area (Å²) < 4.78 is 23.1. The van der Waals surface area contributed by atoms with Gasteiger partial charge in [0.15, 0.2) is 0 Å². The molecule has 1 N–H and O–H groups in total. The summed E-state index contributed by atoms with van der Waals surface area (Å²) in [7, 11) is -1.27. The third-order valence-corrected chi connectivity index (χ3v) is 2.67. The van der Waals surface area contributed by atoms with Gasteiger partial charge in [0, 0.05) is 16.0 Å². The van der Waals surface area contributed by atoms with Gasteiger partial charge in [0.1, 0.15) is 0 Å². The topological polar surface area (TPSA) is 67.2 Å². The molecule has 15 heavy (non-hydrogen) atoms. The van der Waals surface area contributed by atoms with E-state index in [-0.39, 0.29) is 5.75 Å². The maximum Gasteiger partial charge on any atom is 0.337 e. The fourth-order valence-electron chi connectivity index (χ4n) is 1.22. The van der Waals surface area contributed by atoms with Crippen LogP contribution in [0, 0.1) is 4.78 Å². The van der Waals surface area contributed by atoms with Crippen molar-refractivity contribution < 1.29 is 13.7 Å². The fraction of sp³-hybridized carbons (Fsp3) is 0.300. The zero-order chi connectivity index (χ0) is 11.5. The lowest BCUT2D eigenvalue weighted by molar-refractivity contribution is 0.0600. The van der Waals surface area contributed by atoms with Gasteiger partial charge in [-0.15, -0.1) is 0 Å². The number of ether oxygens (including phenoxy) is 1. The Morgan fingerprint density at radius 2 is 2.20 bits per heavy atom. The highest BCUT2D eigenvalue weighted by Crippen LogP contribution is 2.09. The van der Waals surface area contributed by atoms with E-state index in [0.29, 0.717) is 11.1 Å². The first kappa shape index (κ1) is 11.7. The van der Waals surface area contributed by atoms with E-state index in [1.165, 1.54) is 13.4 Å². The maximum atomic E-state index is 11.3. The number of carbonyl (C=O) groups is 1. The molecule has 1 rings (SSSR count). The first-order valence-electron chi connectivity index (χ1n) is 4.31. The highest BCUT2D eigenvalue weighted by molar-refractivity contribution is 7.90. The molecule has 0 radical (unpaired) electrons. The van der Waals surface area contributed by atoms with Gasteiger partial charge in [0.25, 0.3) is 0 Å². The second-order valence-electron chi connectivity index (χ2n) is 3.34. The second kappa shape index (κ2) is 4.44. The van der Waals surface area contributed by atoms with E-state index in [2.05, 4.69) is 4.74 Å². The Morgan fingerprint density at radius 1 is 1.53 bits per heavy atom. The first-order chi connectivity index (χ1) is 6.92. The van der Waals surface area contributed by atoms with Gasteiger partial charge < -0.3 is 4.74 Å². The van der Waals surface area contributed by atoms with Crippen LogP contribution < -0.4 is 0 Å². The van der Waals surface area contributed by atoms with Gasteiger partial charge >= 0.3 is 5.97 Å². The van der Waals surface area contributed by atoms with E-state index >= 15 is 0 Å². The summed E-state index contributed by atoms with van der Waals surface area (Å²) in [5.74, 6) is -0.276. The first-order valence-corrected chi connectivity index (χ1v) is 6.44. The van der Waals surface area contributed by atoms with E-state index in [1.807, 2.05) is 0 Å². The Bertz CT molecular complexity index is 465. The van der Waals surface area contributed by atoms with Crippen molar-refractivity contribution >= 4 is 15.7 Å². The lowest BCUT2D eigenvalue weighted by Crippen LogP contribution is -2.04. The summed E-state index contributed by atoms with van der Waals surface area (Å²) in [4.78, 5) is 11.2. The Kier molecular flexibility index (Phi) is 3.47. The average molecular weight is 227 g/mol. The van der Waals surface area contributed by atoms with Crippen molar-refractivity contribution in [3.8, 4) is 0 Å². The van der Waals surface area contributed by atoms with Gasteiger partial charge in [-0.3, -0.25) is 4.78 Å². The van der Waals surface area contributed by atoms with Crippen LogP contribution in [0.4, 0.5) is 0 Å². The summed E-state index contributed by atoms with van der Waals surface area (Å²) in [6.07, 6.45) is 1.37. The van der Waals surface area contributed by atoms with Crippen LogP contribution in [-0.2, 0) is 20.2 Å². The van der Waals surface area contributed by atoms with Gasteiger partial charge in [-0.25, -0.2) is 9.00 Å². The van der Waals surface area contributed by atoms with Crippen molar-refractivity contribution in [3.63, 3.8) is 0 Å². The molecule has 0 bridgehead atoms. The van der Waals surface area contributed by atoms with Crippen molar-refractivity contribution in [2.45, 2.75) is 5.75 Å². The third-order valence-electron chi connectivity index (χ3n) is 1.79. The zero-order valence-electron chi connectivity index (χ0n) is 8.65. The summed E-state index contributed by atoms with van der Waals surface area (Å²) in [6.45, 7) is 0. The van der Waals surface area contributed by atoms with Crippen molar-refractivity contribution in [2.75, 3.05) is 13.4 Å². The molecule has 82 valence electrons. The summed E-state index contributed by atoms with van der Waals surface area (Å²) >= 11 is 0. The lowest BCUT2D eigenvalue weighted by atomic mass is 10.1. The summed E-state index contributed by atoms with van der Waals surface area (Å²) in [5, 5.41) is 0. The number of rotatable bonds is 3. The van der Waals surface area contributed by atoms with E-state index in [1.54, 1.807) is 24.3 Å². The number of esters is 1. The van der Waals surface area contributed by atoms with Crippen LogP contribution in [0.1, 0.15) is 15.9 Å². The van der Waals surface area contributed by atoms with Crippen molar-refractivity contribution in [1.29, 1.82) is 4.78 Å². The number of hydrogen-bond donors (Lipinski definition) is 1. The molecule has 1 aromatic rings. The maximum absolute atomic E-state index is 11.3. The predicted octanol–water partition coefficient (Wildman–Crippen LogP) is 1.65. The molecule has 0 amide bonds. The average Bonchev–Trinajstić information content (AvgIpc) is 2.14. The Morgan fingerprint density at radius 3 is 2.73 bits per heavy atom. The predicted molar refractivity (Wildman–Crippen MR) is 58.3 cm³/mol. The zero-order valence-corrected chi connectivity index (χ0v) is 9.47.